The highest BCUT2D eigenvalue weighted by Crippen LogP contribution is 2.76. The fraction of sp³-hybridized carbons (Fsp3) is 0.673. The van der Waals surface area contributed by atoms with E-state index in [2.05, 4.69) is 64.4 Å². The molecular formula is C55H76N2O8S. The lowest BCUT2D eigenvalue weighted by molar-refractivity contribution is -0.219. The van der Waals surface area contributed by atoms with Crippen molar-refractivity contribution < 1.29 is 37.3 Å². The molecule has 6 fully saturated rings. The van der Waals surface area contributed by atoms with E-state index < -0.39 is 40.3 Å². The van der Waals surface area contributed by atoms with E-state index in [0.717, 1.165) is 30.6 Å². The van der Waals surface area contributed by atoms with Gasteiger partial charge in [0.05, 0.1) is 23.2 Å². The lowest BCUT2D eigenvalue weighted by atomic mass is 9.33. The molecule has 12 atom stereocenters. The fourth-order valence-electron chi connectivity index (χ4n) is 15.9. The zero-order valence-corrected chi connectivity index (χ0v) is 41.3. The summed E-state index contributed by atoms with van der Waals surface area (Å²) in [5, 5.41) is 14.8. The number of rotatable bonds is 11. The number of carbonyl (C=O) groups excluding carboxylic acids is 2. The zero-order chi connectivity index (χ0) is 46.9. The first-order valence-electron chi connectivity index (χ1n) is 25.2. The number of benzene rings is 2. The van der Waals surface area contributed by atoms with E-state index in [9.17, 15) is 23.1 Å². The predicted molar refractivity (Wildman–Crippen MR) is 258 cm³/mol. The Morgan fingerprint density at radius 1 is 0.879 bits per heavy atom. The lowest BCUT2D eigenvalue weighted by Crippen LogP contribution is -2.68. The van der Waals surface area contributed by atoms with Crippen LogP contribution in [0.4, 0.5) is 0 Å². The van der Waals surface area contributed by atoms with Gasteiger partial charge < -0.3 is 29.5 Å². The first kappa shape index (κ1) is 47.7. The number of ether oxygens (including phenoxy) is 3. The van der Waals surface area contributed by atoms with Crippen molar-refractivity contribution in [3.63, 3.8) is 0 Å². The van der Waals surface area contributed by atoms with Gasteiger partial charge in [0.1, 0.15) is 6.61 Å². The van der Waals surface area contributed by atoms with Crippen LogP contribution in [0.3, 0.4) is 0 Å². The normalized spacial score (nSPS) is 39.2. The fourth-order valence-corrected chi connectivity index (χ4v) is 17.1. The van der Waals surface area contributed by atoms with E-state index in [1.165, 1.54) is 62.5 Å². The summed E-state index contributed by atoms with van der Waals surface area (Å²) in [6, 6.07) is 17.1. The molecule has 2 aromatic rings. The summed E-state index contributed by atoms with van der Waals surface area (Å²) in [7, 11) is -2.89. The highest BCUT2D eigenvalue weighted by Gasteiger charge is 2.70. The Balaban J connectivity index is 0.870. The number of allylic oxidation sites excluding steroid dienone is 3. The van der Waals surface area contributed by atoms with Crippen LogP contribution in [-0.2, 0) is 35.4 Å². The molecule has 360 valence electrons. The van der Waals surface area contributed by atoms with Crippen molar-refractivity contribution in [3.8, 4) is 0 Å². The van der Waals surface area contributed by atoms with Gasteiger partial charge in [0.15, 0.2) is 15.9 Å². The number of hydrogen-bond acceptors (Lipinski definition) is 10. The Kier molecular flexibility index (Phi) is 12.9. The average Bonchev–Trinajstić information content (AvgIpc) is 3.66. The summed E-state index contributed by atoms with van der Waals surface area (Å²) in [5.41, 5.74) is 5.70. The lowest BCUT2D eigenvalue weighted by Gasteiger charge is -2.72. The van der Waals surface area contributed by atoms with Crippen LogP contribution in [0.15, 0.2) is 72.8 Å². The molecule has 4 saturated carbocycles. The van der Waals surface area contributed by atoms with Gasteiger partial charge in [-0.25, -0.2) is 18.0 Å². The third-order valence-electron chi connectivity index (χ3n) is 19.4. The Hall–Kier alpha value is -3.35. The maximum absolute atomic E-state index is 13.5. The van der Waals surface area contributed by atoms with E-state index in [1.54, 1.807) is 0 Å². The predicted octanol–water partition coefficient (Wildman–Crippen LogP) is 9.18. The van der Waals surface area contributed by atoms with Crippen LogP contribution in [0.1, 0.15) is 134 Å². The van der Waals surface area contributed by atoms with Gasteiger partial charge in [-0.3, -0.25) is 0 Å². The average molecular weight is 925 g/mol. The number of fused-ring (bicyclic) bond motifs is 7. The van der Waals surface area contributed by atoms with Gasteiger partial charge in [0, 0.05) is 44.6 Å². The smallest absolute Gasteiger partial charge is 0.340 e. The highest BCUT2D eigenvalue weighted by atomic mass is 32.2. The maximum atomic E-state index is 13.5. The van der Waals surface area contributed by atoms with Crippen molar-refractivity contribution >= 4 is 27.3 Å². The molecule has 0 bridgehead atoms. The van der Waals surface area contributed by atoms with Crippen molar-refractivity contribution in [2.45, 2.75) is 143 Å². The Morgan fingerprint density at radius 3 is 2.32 bits per heavy atom. The summed E-state index contributed by atoms with van der Waals surface area (Å²) in [6.07, 6.45) is 10.6. The first-order chi connectivity index (χ1) is 31.3. The van der Waals surface area contributed by atoms with Gasteiger partial charge in [-0.05, 0) is 145 Å². The van der Waals surface area contributed by atoms with Crippen molar-refractivity contribution in [1.82, 2.24) is 10.2 Å². The number of esters is 2. The van der Waals surface area contributed by atoms with Crippen molar-refractivity contribution in [1.29, 1.82) is 0 Å². The summed E-state index contributed by atoms with van der Waals surface area (Å²) in [5.74, 6) is 2.28. The molecule has 12 unspecified atom stereocenters. The third-order valence-corrected chi connectivity index (χ3v) is 21.0. The van der Waals surface area contributed by atoms with Crippen molar-refractivity contribution in [3.05, 3.63) is 89.5 Å². The van der Waals surface area contributed by atoms with Gasteiger partial charge in [0.2, 0.25) is 6.29 Å². The molecule has 7 aliphatic rings. The van der Waals surface area contributed by atoms with Crippen LogP contribution in [0, 0.1) is 51.2 Å². The number of nitrogens with one attached hydrogen (secondary N) is 1. The molecule has 0 spiro atoms. The molecule has 66 heavy (non-hydrogen) atoms. The monoisotopic (exact) mass is 925 g/mol. The molecule has 2 aromatic carbocycles. The largest absolute Gasteiger partial charge is 0.459 e. The van der Waals surface area contributed by atoms with Gasteiger partial charge in [0.25, 0.3) is 0 Å². The molecule has 2 aliphatic heterocycles. The zero-order valence-electron chi connectivity index (χ0n) is 40.5. The molecule has 11 heteroatoms. The summed E-state index contributed by atoms with van der Waals surface area (Å²) in [6.45, 7) is 23.0. The van der Waals surface area contributed by atoms with Crippen LogP contribution < -0.4 is 5.32 Å². The highest BCUT2D eigenvalue weighted by molar-refractivity contribution is 7.91. The first-order valence-corrected chi connectivity index (χ1v) is 27.0. The maximum Gasteiger partial charge on any atom is 0.340 e. The summed E-state index contributed by atoms with van der Waals surface area (Å²) in [4.78, 5) is 28.7. The minimum Gasteiger partial charge on any atom is -0.459 e. The minimum atomic E-state index is -2.89. The van der Waals surface area contributed by atoms with E-state index in [0.29, 0.717) is 48.2 Å². The number of sulfone groups is 1. The Bertz CT molecular complexity index is 2280. The second-order valence-electron chi connectivity index (χ2n) is 23.1. The third kappa shape index (κ3) is 8.47. The standard InChI is InChI=1S/C55H76N2O8S/c1-36(2)41-19-24-55(56-27-28-57-29-31-66(61,62)32-30-57)26-25-53(6)43(48(41)55)17-18-46-52(5)22-20-42(51(3,4)45(52)21-23-54(46,53)7)38-13-15-39(16-14-38)49(59)65-47-34-40(58)33-44(64-47)50(60)63-35-37-11-9-8-10-12-37/h8-16,20,40-41,43-48,56,58H,1,17-19,21-35H2,2-7H3. The van der Waals surface area contributed by atoms with Gasteiger partial charge >= 0.3 is 11.9 Å². The van der Waals surface area contributed by atoms with E-state index in [-0.39, 0.29) is 58.2 Å². The molecule has 2 saturated heterocycles. The molecule has 2 N–H and O–H groups in total. The molecular weight excluding hydrogens is 849 g/mol. The number of carbonyl (C=O) groups is 2. The number of aliphatic hydroxyl groups is 1. The SMILES string of the molecule is C=C(C)C1CCC2(NCCN3CCS(=O)(=O)CC3)CCC3(C)C(CCC4C5(C)CC=C(c6ccc(C(=O)OC7CC(O)CC(C(=O)OCc8ccccc8)O7)cc6)C(C)(C)C5CCC43C)C12. The van der Waals surface area contributed by atoms with Gasteiger partial charge in [-0.2, -0.15) is 0 Å². The molecule has 0 aromatic heterocycles. The Morgan fingerprint density at radius 2 is 1.61 bits per heavy atom. The second kappa shape index (κ2) is 17.9. The molecule has 10 nitrogen and oxygen atoms in total. The Labute approximate surface area is 394 Å². The van der Waals surface area contributed by atoms with Gasteiger partial charge in [-0.15, -0.1) is 0 Å². The van der Waals surface area contributed by atoms with Crippen molar-refractivity contribution in [2.75, 3.05) is 37.7 Å². The van der Waals surface area contributed by atoms with Crippen LogP contribution in [0.5, 0.6) is 0 Å². The number of hydrogen-bond donors (Lipinski definition) is 2. The molecule has 9 rings (SSSR count). The molecule has 5 aliphatic carbocycles. The minimum absolute atomic E-state index is 0.0784. The number of nitrogens with zero attached hydrogens (tertiary/aromatic N) is 1. The van der Waals surface area contributed by atoms with Crippen LogP contribution >= 0.6 is 0 Å². The van der Waals surface area contributed by atoms with Crippen molar-refractivity contribution in [2.24, 2.45) is 51.2 Å². The van der Waals surface area contributed by atoms with E-state index in [4.69, 9.17) is 14.2 Å². The molecule has 2 heterocycles. The van der Waals surface area contributed by atoms with E-state index in [1.807, 2.05) is 54.6 Å². The molecule has 0 amide bonds. The summed E-state index contributed by atoms with van der Waals surface area (Å²) < 4.78 is 41.3. The quantitative estimate of drug-likeness (QED) is 0.166. The second-order valence-corrected chi connectivity index (χ2v) is 25.4. The van der Waals surface area contributed by atoms with Crippen LogP contribution in [0.2, 0.25) is 0 Å². The van der Waals surface area contributed by atoms with Gasteiger partial charge in [-0.1, -0.05) is 95.3 Å². The topological polar surface area (TPSA) is 131 Å². The van der Waals surface area contributed by atoms with E-state index >= 15 is 0 Å². The van der Waals surface area contributed by atoms with Crippen LogP contribution in [0.25, 0.3) is 5.57 Å². The number of aliphatic hydroxyl groups excluding tert-OH is 1. The summed E-state index contributed by atoms with van der Waals surface area (Å²) >= 11 is 0. The molecule has 0 radical (unpaired) electrons. The van der Waals surface area contributed by atoms with Crippen LogP contribution in [-0.4, -0.2) is 92.1 Å².